The lowest BCUT2D eigenvalue weighted by molar-refractivity contribution is -0.147. The molecule has 0 aliphatic heterocycles. The largest absolute Gasteiger partial charge is 0.481 e. The first kappa shape index (κ1) is 15.0. The van der Waals surface area contributed by atoms with Crippen LogP contribution in [-0.2, 0) is 9.59 Å². The predicted octanol–water partition coefficient (Wildman–Crippen LogP) is 2.53. The maximum Gasteiger partial charge on any atom is 0.307 e. The van der Waals surface area contributed by atoms with Crippen LogP contribution in [0.4, 0.5) is 10.1 Å². The number of hydrogen-bond donors (Lipinski definition) is 2. The standard InChI is InChI=1S/C15H15FN2O3/c16-10-5-6-13(9(7-10)8-17)18-14(19)11-3-1-2-4-12(11)15(20)21/h5-7,11-12H,1-4H2,(H,18,19)(H,20,21). The molecule has 1 aromatic rings. The molecule has 2 unspecified atom stereocenters. The number of rotatable bonds is 3. The summed E-state index contributed by atoms with van der Waals surface area (Å²) in [5.74, 6) is -3.29. The van der Waals surface area contributed by atoms with Gasteiger partial charge in [-0.3, -0.25) is 9.59 Å². The molecular formula is C15H15FN2O3. The van der Waals surface area contributed by atoms with Crippen molar-refractivity contribution in [3.63, 3.8) is 0 Å². The van der Waals surface area contributed by atoms with Crippen molar-refractivity contribution in [2.45, 2.75) is 25.7 Å². The normalized spacial score (nSPS) is 21.3. The molecule has 0 radical (unpaired) electrons. The van der Waals surface area contributed by atoms with Crippen LogP contribution in [0.25, 0.3) is 0 Å². The second-order valence-corrected chi connectivity index (χ2v) is 5.13. The zero-order valence-corrected chi connectivity index (χ0v) is 11.3. The molecule has 0 saturated heterocycles. The number of carboxylic acids is 1. The minimum absolute atomic E-state index is 0.0195. The highest BCUT2D eigenvalue weighted by atomic mass is 19.1. The molecule has 1 aromatic carbocycles. The first-order valence-electron chi connectivity index (χ1n) is 6.76. The van der Waals surface area contributed by atoms with E-state index in [1.54, 1.807) is 0 Å². The monoisotopic (exact) mass is 290 g/mol. The van der Waals surface area contributed by atoms with E-state index in [1.807, 2.05) is 6.07 Å². The van der Waals surface area contributed by atoms with Crippen LogP contribution < -0.4 is 5.32 Å². The number of halogens is 1. The zero-order valence-electron chi connectivity index (χ0n) is 11.3. The lowest BCUT2D eigenvalue weighted by Gasteiger charge is -2.27. The van der Waals surface area contributed by atoms with E-state index in [2.05, 4.69) is 5.32 Å². The molecule has 1 aliphatic carbocycles. The number of amides is 1. The number of carbonyl (C=O) groups excluding carboxylic acids is 1. The molecule has 5 nitrogen and oxygen atoms in total. The van der Waals surface area contributed by atoms with Crippen LogP contribution in [0.1, 0.15) is 31.2 Å². The van der Waals surface area contributed by atoms with Gasteiger partial charge in [-0.2, -0.15) is 5.26 Å². The molecule has 0 bridgehead atoms. The summed E-state index contributed by atoms with van der Waals surface area (Å²) in [6, 6.07) is 5.30. The molecule has 1 fully saturated rings. The van der Waals surface area contributed by atoms with Crippen molar-refractivity contribution in [2.24, 2.45) is 11.8 Å². The van der Waals surface area contributed by atoms with Gasteiger partial charge in [0.15, 0.2) is 0 Å². The second-order valence-electron chi connectivity index (χ2n) is 5.13. The van der Waals surface area contributed by atoms with Gasteiger partial charge in [0.25, 0.3) is 0 Å². The van der Waals surface area contributed by atoms with Crippen molar-refractivity contribution in [3.05, 3.63) is 29.6 Å². The number of nitriles is 1. The van der Waals surface area contributed by atoms with Gasteiger partial charge < -0.3 is 10.4 Å². The molecule has 0 aromatic heterocycles. The number of anilines is 1. The molecule has 1 saturated carbocycles. The molecule has 0 spiro atoms. The lowest BCUT2D eigenvalue weighted by atomic mass is 9.78. The molecule has 6 heteroatoms. The topological polar surface area (TPSA) is 90.2 Å². The Morgan fingerprint density at radius 1 is 1.29 bits per heavy atom. The van der Waals surface area contributed by atoms with Crippen LogP contribution in [0, 0.1) is 29.0 Å². The Kier molecular flexibility index (Phi) is 4.53. The summed E-state index contributed by atoms with van der Waals surface area (Å²) in [6.07, 6.45) is 2.57. The Labute approximate surface area is 121 Å². The van der Waals surface area contributed by atoms with Crippen LogP contribution in [0.15, 0.2) is 18.2 Å². The van der Waals surface area contributed by atoms with Gasteiger partial charge in [0, 0.05) is 0 Å². The molecule has 2 rings (SSSR count). The van der Waals surface area contributed by atoms with Gasteiger partial charge in [0.2, 0.25) is 5.91 Å². The fourth-order valence-electron chi connectivity index (χ4n) is 2.68. The van der Waals surface area contributed by atoms with Crippen molar-refractivity contribution < 1.29 is 19.1 Å². The highest BCUT2D eigenvalue weighted by Gasteiger charge is 2.35. The summed E-state index contributed by atoms with van der Waals surface area (Å²) in [5, 5.41) is 20.7. The fourth-order valence-corrected chi connectivity index (χ4v) is 2.68. The highest BCUT2D eigenvalue weighted by Crippen LogP contribution is 2.31. The van der Waals surface area contributed by atoms with E-state index in [-0.39, 0.29) is 11.3 Å². The second kappa shape index (κ2) is 6.35. The van der Waals surface area contributed by atoms with Crippen molar-refractivity contribution in [3.8, 4) is 6.07 Å². The van der Waals surface area contributed by atoms with Gasteiger partial charge in [-0.05, 0) is 31.0 Å². The van der Waals surface area contributed by atoms with Crippen LogP contribution in [0.2, 0.25) is 0 Å². The van der Waals surface area contributed by atoms with Crippen LogP contribution in [0.5, 0.6) is 0 Å². The lowest BCUT2D eigenvalue weighted by Crippen LogP contribution is -2.36. The predicted molar refractivity (Wildman–Crippen MR) is 72.8 cm³/mol. The summed E-state index contributed by atoms with van der Waals surface area (Å²) < 4.78 is 13.1. The molecular weight excluding hydrogens is 275 g/mol. The Hall–Kier alpha value is -2.42. The van der Waals surface area contributed by atoms with Gasteiger partial charge in [-0.25, -0.2) is 4.39 Å². The van der Waals surface area contributed by atoms with Gasteiger partial charge in [-0.1, -0.05) is 12.8 Å². The Morgan fingerprint density at radius 2 is 1.95 bits per heavy atom. The average Bonchev–Trinajstić information content (AvgIpc) is 2.48. The van der Waals surface area contributed by atoms with Gasteiger partial charge >= 0.3 is 5.97 Å². The molecule has 2 N–H and O–H groups in total. The Bertz CT molecular complexity index is 609. The van der Waals surface area contributed by atoms with Gasteiger partial charge in [-0.15, -0.1) is 0 Å². The number of benzene rings is 1. The van der Waals surface area contributed by atoms with E-state index >= 15 is 0 Å². The van der Waals surface area contributed by atoms with Crippen molar-refractivity contribution in [1.82, 2.24) is 0 Å². The SMILES string of the molecule is N#Cc1cc(F)ccc1NC(=O)C1CCCCC1C(=O)O. The van der Waals surface area contributed by atoms with E-state index in [4.69, 9.17) is 5.26 Å². The number of hydrogen-bond acceptors (Lipinski definition) is 3. The van der Waals surface area contributed by atoms with Crippen LogP contribution in [-0.4, -0.2) is 17.0 Å². The maximum absolute atomic E-state index is 13.1. The number of aliphatic carboxylic acids is 1. The van der Waals surface area contributed by atoms with Crippen LogP contribution >= 0.6 is 0 Å². The quantitative estimate of drug-likeness (QED) is 0.895. The van der Waals surface area contributed by atoms with E-state index in [0.29, 0.717) is 12.8 Å². The van der Waals surface area contributed by atoms with E-state index in [9.17, 15) is 19.1 Å². The summed E-state index contributed by atoms with van der Waals surface area (Å²) in [6.45, 7) is 0. The van der Waals surface area contributed by atoms with Crippen LogP contribution in [0.3, 0.4) is 0 Å². The average molecular weight is 290 g/mol. The maximum atomic E-state index is 13.1. The minimum Gasteiger partial charge on any atom is -0.481 e. The van der Waals surface area contributed by atoms with E-state index in [0.717, 1.165) is 25.0 Å². The number of nitrogens with zero attached hydrogens (tertiary/aromatic N) is 1. The molecule has 1 amide bonds. The molecule has 0 heterocycles. The first-order chi connectivity index (χ1) is 10.0. The summed E-state index contributed by atoms with van der Waals surface area (Å²) in [4.78, 5) is 23.5. The first-order valence-corrected chi connectivity index (χ1v) is 6.76. The minimum atomic E-state index is -0.977. The molecule has 1 aliphatic rings. The Morgan fingerprint density at radius 3 is 2.57 bits per heavy atom. The van der Waals surface area contributed by atoms with Crippen molar-refractivity contribution in [2.75, 3.05) is 5.32 Å². The van der Waals surface area contributed by atoms with Crippen molar-refractivity contribution in [1.29, 1.82) is 5.26 Å². The zero-order chi connectivity index (χ0) is 15.4. The summed E-state index contributed by atoms with van der Waals surface area (Å²) in [5.41, 5.74) is 0.227. The highest BCUT2D eigenvalue weighted by molar-refractivity contribution is 5.96. The summed E-state index contributed by atoms with van der Waals surface area (Å²) in [7, 11) is 0. The Balaban J connectivity index is 2.17. The smallest absolute Gasteiger partial charge is 0.307 e. The molecule has 21 heavy (non-hydrogen) atoms. The number of nitrogens with one attached hydrogen (secondary N) is 1. The third-order valence-corrected chi connectivity index (χ3v) is 3.78. The van der Waals surface area contributed by atoms with E-state index in [1.165, 1.54) is 6.07 Å². The van der Waals surface area contributed by atoms with Gasteiger partial charge in [0.05, 0.1) is 23.1 Å². The van der Waals surface area contributed by atoms with E-state index < -0.39 is 29.5 Å². The molecule has 110 valence electrons. The summed E-state index contributed by atoms with van der Waals surface area (Å²) >= 11 is 0. The number of carboxylic acid groups (broad SMARTS) is 1. The third kappa shape index (κ3) is 3.37. The molecule has 2 atom stereocenters. The van der Waals surface area contributed by atoms with Crippen molar-refractivity contribution >= 4 is 17.6 Å². The third-order valence-electron chi connectivity index (χ3n) is 3.78. The fraction of sp³-hybridized carbons (Fsp3) is 0.400. The van der Waals surface area contributed by atoms with Gasteiger partial charge in [0.1, 0.15) is 11.9 Å². The number of carbonyl (C=O) groups is 2.